The number of anilines is 1. The van der Waals surface area contributed by atoms with Gasteiger partial charge < -0.3 is 19.8 Å². The number of alkyl halides is 5. The van der Waals surface area contributed by atoms with Crippen molar-refractivity contribution in [3.8, 4) is 34.5 Å². The predicted octanol–water partition coefficient (Wildman–Crippen LogP) is 5.99. The molecule has 0 saturated carbocycles. The topological polar surface area (TPSA) is 131 Å². The monoisotopic (exact) mass is 616 g/mol. The lowest BCUT2D eigenvalue weighted by atomic mass is 9.96. The largest absolute Gasteiger partial charge is 0.573 e. The number of rotatable bonds is 6. The normalized spacial score (nSPS) is 16.7. The van der Waals surface area contributed by atoms with Gasteiger partial charge in [0.1, 0.15) is 17.0 Å². The Morgan fingerprint density at radius 2 is 1.84 bits per heavy atom. The van der Waals surface area contributed by atoms with E-state index in [9.17, 15) is 23.2 Å². The molecule has 1 aliphatic rings. The van der Waals surface area contributed by atoms with E-state index in [1.807, 2.05) is 6.07 Å². The molecule has 0 saturated heterocycles. The maximum atomic E-state index is 15.3. The van der Waals surface area contributed by atoms with Crippen LogP contribution in [0, 0.1) is 17.1 Å². The minimum atomic E-state index is -4.87. The van der Waals surface area contributed by atoms with Crippen molar-refractivity contribution >= 4 is 11.6 Å². The van der Waals surface area contributed by atoms with Crippen LogP contribution >= 0.6 is 0 Å². The number of fused-ring (bicyclic) bond motifs is 1. The zero-order valence-electron chi connectivity index (χ0n) is 23.0. The minimum absolute atomic E-state index is 0.123. The Kier molecular flexibility index (Phi) is 7.58. The van der Waals surface area contributed by atoms with E-state index in [1.165, 1.54) is 19.9 Å². The molecular formula is C29H22F6N6O3. The van der Waals surface area contributed by atoms with E-state index in [1.54, 1.807) is 24.3 Å². The molecule has 1 atom stereocenters. The quantitative estimate of drug-likeness (QED) is 0.261. The summed E-state index contributed by atoms with van der Waals surface area (Å²) in [6.07, 6.45) is -5.01. The van der Waals surface area contributed by atoms with E-state index in [4.69, 9.17) is 10.2 Å². The molecule has 9 nitrogen and oxygen atoms in total. The van der Waals surface area contributed by atoms with Gasteiger partial charge in [0, 0.05) is 17.5 Å². The van der Waals surface area contributed by atoms with Crippen molar-refractivity contribution in [2.75, 3.05) is 4.90 Å². The number of halogens is 6. The number of nitriles is 1. The Balaban J connectivity index is 1.49. The molecule has 2 N–H and O–H groups in total. The van der Waals surface area contributed by atoms with Crippen molar-refractivity contribution in [1.82, 2.24) is 15.2 Å². The summed E-state index contributed by atoms with van der Waals surface area (Å²) in [5.41, 5.74) is 4.49. The first kappa shape index (κ1) is 30.5. The molecular weight excluding hydrogens is 594 g/mol. The molecule has 1 amide bonds. The summed E-state index contributed by atoms with van der Waals surface area (Å²) in [6.45, 7) is 2.75. The average Bonchev–Trinajstić information content (AvgIpc) is 3.44. The molecule has 2 aromatic carbocycles. The highest BCUT2D eigenvalue weighted by atomic mass is 19.4. The number of pyridine rings is 1. The number of hydrogen-bond donors (Lipinski definition) is 1. The molecule has 0 aliphatic carbocycles. The molecule has 15 heteroatoms. The fourth-order valence-electron chi connectivity index (χ4n) is 4.54. The van der Waals surface area contributed by atoms with Crippen molar-refractivity contribution in [1.29, 1.82) is 5.26 Å². The number of carbonyl (C=O) groups excluding carboxylic acids is 1. The van der Waals surface area contributed by atoms with E-state index in [2.05, 4.69) is 19.9 Å². The summed E-state index contributed by atoms with van der Waals surface area (Å²) >= 11 is 0. The van der Waals surface area contributed by atoms with Crippen LogP contribution < -0.4 is 15.4 Å². The fraction of sp³-hybridized carbons (Fsp3) is 0.276. The number of carbonyl (C=O) groups is 1. The van der Waals surface area contributed by atoms with Gasteiger partial charge in [-0.2, -0.15) is 5.26 Å². The van der Waals surface area contributed by atoms with Crippen molar-refractivity contribution < 1.29 is 40.3 Å². The molecule has 228 valence electrons. The Labute approximate surface area is 245 Å². The number of nitrogens with zero attached hydrogens (tertiary/aromatic N) is 5. The number of benzene rings is 2. The first-order valence-corrected chi connectivity index (χ1v) is 12.9. The van der Waals surface area contributed by atoms with E-state index < -0.39 is 53.2 Å². The number of amides is 1. The Morgan fingerprint density at radius 3 is 2.45 bits per heavy atom. The smallest absolute Gasteiger partial charge is 0.419 e. The summed E-state index contributed by atoms with van der Waals surface area (Å²) in [4.78, 5) is 18.3. The molecule has 4 aromatic rings. The maximum Gasteiger partial charge on any atom is 0.573 e. The minimum Gasteiger partial charge on any atom is -0.419 e. The summed E-state index contributed by atoms with van der Waals surface area (Å²) in [6, 6.07) is 10.7. The van der Waals surface area contributed by atoms with Crippen LogP contribution in [0.15, 0.2) is 59.1 Å². The van der Waals surface area contributed by atoms with E-state index in [0.29, 0.717) is 22.9 Å². The van der Waals surface area contributed by atoms with Gasteiger partial charge in [0.2, 0.25) is 11.8 Å². The first-order chi connectivity index (χ1) is 20.6. The molecule has 0 unspecified atom stereocenters. The lowest BCUT2D eigenvalue weighted by Crippen LogP contribution is -2.43. The lowest BCUT2D eigenvalue weighted by Gasteiger charge is -2.25. The third-order valence-electron chi connectivity index (χ3n) is 6.86. The second-order valence-corrected chi connectivity index (χ2v) is 10.6. The van der Waals surface area contributed by atoms with Gasteiger partial charge in [-0.15, -0.1) is 23.4 Å². The summed E-state index contributed by atoms with van der Waals surface area (Å²) in [5.74, 6) is -6.62. The number of aromatic nitrogens is 3. The van der Waals surface area contributed by atoms with Gasteiger partial charge in [-0.05, 0) is 43.7 Å². The Bertz CT molecular complexity index is 1750. The Morgan fingerprint density at radius 1 is 1.14 bits per heavy atom. The zero-order valence-corrected chi connectivity index (χ0v) is 23.0. The highest BCUT2D eigenvalue weighted by Crippen LogP contribution is 2.45. The molecule has 0 bridgehead atoms. The second kappa shape index (κ2) is 10.9. The van der Waals surface area contributed by atoms with Crippen LogP contribution in [0.2, 0.25) is 0 Å². The van der Waals surface area contributed by atoms with Crippen LogP contribution in [0.5, 0.6) is 5.75 Å². The van der Waals surface area contributed by atoms with Crippen LogP contribution in [0.4, 0.5) is 32.0 Å². The predicted molar refractivity (Wildman–Crippen MR) is 142 cm³/mol. The lowest BCUT2D eigenvalue weighted by molar-refractivity contribution is -0.274. The molecule has 3 heterocycles. The maximum absolute atomic E-state index is 15.3. The summed E-state index contributed by atoms with van der Waals surface area (Å²) in [7, 11) is 0. The van der Waals surface area contributed by atoms with Gasteiger partial charge in [0.25, 0.3) is 11.8 Å². The molecule has 2 aromatic heterocycles. The third-order valence-corrected chi connectivity index (χ3v) is 6.86. The van der Waals surface area contributed by atoms with Crippen molar-refractivity contribution in [3.05, 3.63) is 77.6 Å². The fourth-order valence-corrected chi connectivity index (χ4v) is 4.54. The van der Waals surface area contributed by atoms with Crippen LogP contribution in [0.1, 0.15) is 37.3 Å². The zero-order chi connectivity index (χ0) is 32.0. The summed E-state index contributed by atoms with van der Waals surface area (Å²) in [5, 5.41) is 16.9. The van der Waals surface area contributed by atoms with Gasteiger partial charge >= 0.3 is 6.36 Å². The van der Waals surface area contributed by atoms with Gasteiger partial charge in [-0.25, -0.2) is 13.2 Å². The van der Waals surface area contributed by atoms with Crippen molar-refractivity contribution in [3.63, 3.8) is 0 Å². The molecule has 1 aliphatic heterocycles. The average molecular weight is 617 g/mol. The number of ether oxygens (including phenoxy) is 1. The molecule has 5 rings (SSSR count). The van der Waals surface area contributed by atoms with Gasteiger partial charge in [0.05, 0.1) is 41.8 Å². The van der Waals surface area contributed by atoms with Crippen LogP contribution in [-0.4, -0.2) is 33.5 Å². The van der Waals surface area contributed by atoms with Gasteiger partial charge in [-0.1, -0.05) is 24.3 Å². The van der Waals surface area contributed by atoms with Crippen molar-refractivity contribution in [2.45, 2.75) is 50.6 Å². The Hall–Kier alpha value is -4.97. The second-order valence-electron chi connectivity index (χ2n) is 10.6. The third kappa shape index (κ3) is 6.06. The molecule has 0 spiro atoms. The molecule has 0 radical (unpaired) electrons. The van der Waals surface area contributed by atoms with Crippen LogP contribution in [-0.2, 0) is 22.7 Å². The van der Waals surface area contributed by atoms with Gasteiger partial charge in [-0.3, -0.25) is 9.78 Å². The van der Waals surface area contributed by atoms with Crippen LogP contribution in [0.25, 0.3) is 22.7 Å². The highest BCUT2D eigenvalue weighted by Gasteiger charge is 2.45. The SMILES string of the molecule is CC(C)(C#N)c1nnc(-c2cc3c(cc2F)C(F)(F)C[C@H](N)C(=O)N3Cc2ccc(-c3ccc(OC(F)(F)F)cn3)cc2)o1. The molecule has 44 heavy (non-hydrogen) atoms. The molecule has 0 fully saturated rings. The van der Waals surface area contributed by atoms with Crippen LogP contribution in [0.3, 0.4) is 0 Å². The van der Waals surface area contributed by atoms with Crippen molar-refractivity contribution in [2.24, 2.45) is 5.73 Å². The highest BCUT2D eigenvalue weighted by molar-refractivity contribution is 5.99. The first-order valence-electron chi connectivity index (χ1n) is 12.9. The van der Waals surface area contributed by atoms with E-state index in [0.717, 1.165) is 23.2 Å². The standard InChI is InChI=1S/C29H22F6N6O3/c1-27(2,14-36)26-40-39-24(43-26)18-9-23-19(10-20(18)30)28(31,32)11-21(37)25(42)41(23)13-15-3-5-16(6-4-15)22-8-7-17(12-38-22)44-29(33,34)35/h3-10,12,21H,11,13,37H2,1-2H3/t21-/m0/s1. The number of hydrogen-bond acceptors (Lipinski definition) is 8. The summed E-state index contributed by atoms with van der Waals surface area (Å²) < 4.78 is 92.4. The van der Waals surface area contributed by atoms with E-state index >= 15 is 13.2 Å². The number of nitrogens with two attached hydrogens (primary N) is 1. The van der Waals surface area contributed by atoms with Gasteiger partial charge in [0.15, 0.2) is 0 Å². The van der Waals surface area contributed by atoms with E-state index in [-0.39, 0.29) is 29.6 Å².